The summed E-state index contributed by atoms with van der Waals surface area (Å²) in [5, 5.41) is 0.316. The number of halogens is 1. The Balaban J connectivity index is 2.52. The molecule has 0 heterocycles. The van der Waals surface area contributed by atoms with Gasteiger partial charge in [-0.2, -0.15) is 0 Å². The van der Waals surface area contributed by atoms with E-state index in [0.29, 0.717) is 16.5 Å². The van der Waals surface area contributed by atoms with Crippen molar-refractivity contribution in [3.63, 3.8) is 0 Å². The maximum atomic E-state index is 13.0. The van der Waals surface area contributed by atoms with Crippen molar-refractivity contribution < 1.29 is 22.6 Å². The first-order valence-corrected chi connectivity index (χ1v) is 10.0. The van der Waals surface area contributed by atoms with Crippen LogP contribution in [0.3, 0.4) is 0 Å². The molecule has 2 aromatic rings. The molecule has 6 nitrogen and oxygen atoms in total. The Kier molecular flexibility index (Phi) is 6.17. The molecule has 27 heavy (non-hydrogen) atoms. The fourth-order valence-corrected chi connectivity index (χ4v) is 3.90. The maximum Gasteiger partial charge on any atom is 0.262 e. The second-order valence-electron chi connectivity index (χ2n) is 6.90. The van der Waals surface area contributed by atoms with Crippen molar-refractivity contribution >= 4 is 27.3 Å². The van der Waals surface area contributed by atoms with E-state index in [1.54, 1.807) is 19.2 Å². The molecule has 0 saturated heterocycles. The lowest BCUT2D eigenvalue weighted by molar-refractivity contribution is 0.397. The largest absolute Gasteiger partial charge is 0.496 e. The van der Waals surface area contributed by atoms with Crippen LogP contribution in [0.25, 0.3) is 0 Å². The van der Waals surface area contributed by atoms with Crippen molar-refractivity contribution in [2.75, 3.05) is 26.1 Å². The fraction of sp³-hybridized carbons (Fsp3) is 0.368. The molecule has 0 aromatic heterocycles. The fourth-order valence-electron chi connectivity index (χ4n) is 2.58. The number of anilines is 1. The molecule has 2 aromatic carbocycles. The van der Waals surface area contributed by atoms with Gasteiger partial charge in [-0.25, -0.2) is 8.42 Å². The number of nitrogens with one attached hydrogen (secondary N) is 1. The normalized spacial score (nSPS) is 11.8. The van der Waals surface area contributed by atoms with Crippen LogP contribution in [0.2, 0.25) is 5.02 Å². The van der Waals surface area contributed by atoms with E-state index >= 15 is 0 Å². The zero-order chi connectivity index (χ0) is 20.4. The van der Waals surface area contributed by atoms with E-state index in [4.69, 9.17) is 25.8 Å². The van der Waals surface area contributed by atoms with Crippen molar-refractivity contribution in [1.29, 1.82) is 0 Å². The highest BCUT2D eigenvalue weighted by atomic mass is 35.5. The first-order valence-electron chi connectivity index (χ1n) is 8.16. The van der Waals surface area contributed by atoms with Gasteiger partial charge in [-0.1, -0.05) is 32.4 Å². The van der Waals surface area contributed by atoms with Crippen LogP contribution in [-0.2, 0) is 15.4 Å². The average molecular weight is 414 g/mol. The van der Waals surface area contributed by atoms with E-state index in [-0.39, 0.29) is 21.7 Å². The number of rotatable bonds is 6. The Bertz CT molecular complexity index is 936. The summed E-state index contributed by atoms with van der Waals surface area (Å²) in [6, 6.07) is 7.73. The second kappa shape index (κ2) is 7.86. The van der Waals surface area contributed by atoms with Crippen molar-refractivity contribution in [1.82, 2.24) is 0 Å². The molecule has 0 aliphatic carbocycles. The quantitative estimate of drug-likeness (QED) is 0.756. The third kappa shape index (κ3) is 4.59. The molecule has 0 aliphatic heterocycles. The summed E-state index contributed by atoms with van der Waals surface area (Å²) < 4.78 is 44.2. The molecule has 0 bridgehead atoms. The molecular weight excluding hydrogens is 390 g/mol. The third-order valence-corrected chi connectivity index (χ3v) is 5.67. The van der Waals surface area contributed by atoms with Crippen molar-refractivity contribution in [3.8, 4) is 17.2 Å². The highest BCUT2D eigenvalue weighted by Gasteiger charge is 2.24. The van der Waals surface area contributed by atoms with Crippen LogP contribution in [0.15, 0.2) is 35.2 Å². The second-order valence-corrected chi connectivity index (χ2v) is 8.99. The Morgan fingerprint density at radius 1 is 0.889 bits per heavy atom. The highest BCUT2D eigenvalue weighted by molar-refractivity contribution is 7.92. The molecule has 0 spiro atoms. The van der Waals surface area contributed by atoms with Crippen LogP contribution in [0.4, 0.5) is 5.69 Å². The van der Waals surface area contributed by atoms with Crippen LogP contribution in [0, 0.1) is 0 Å². The van der Waals surface area contributed by atoms with E-state index in [0.717, 1.165) is 5.56 Å². The van der Waals surface area contributed by atoms with E-state index in [1.807, 2.05) is 20.8 Å². The molecule has 1 N–H and O–H groups in total. The number of sulfonamides is 1. The van der Waals surface area contributed by atoms with Gasteiger partial charge in [0.1, 0.15) is 17.2 Å². The minimum atomic E-state index is -3.88. The van der Waals surface area contributed by atoms with Crippen LogP contribution < -0.4 is 18.9 Å². The minimum absolute atomic E-state index is 0.115. The number of hydrogen-bond acceptors (Lipinski definition) is 5. The lowest BCUT2D eigenvalue weighted by atomic mass is 9.86. The predicted octanol–water partition coefficient (Wildman–Crippen LogP) is 4.46. The van der Waals surface area contributed by atoms with Gasteiger partial charge in [0.15, 0.2) is 0 Å². The summed E-state index contributed by atoms with van der Waals surface area (Å²) in [5.74, 6) is 1.25. The lowest BCUT2D eigenvalue weighted by Gasteiger charge is -2.23. The first-order chi connectivity index (χ1) is 12.5. The maximum absolute atomic E-state index is 13.0. The molecule has 2 rings (SSSR count). The van der Waals surface area contributed by atoms with E-state index < -0.39 is 10.0 Å². The van der Waals surface area contributed by atoms with Crippen LogP contribution in [-0.4, -0.2) is 29.7 Å². The summed E-state index contributed by atoms with van der Waals surface area (Å²) in [6.07, 6.45) is 0. The van der Waals surface area contributed by atoms with Crippen LogP contribution in [0.5, 0.6) is 17.2 Å². The molecule has 8 heteroatoms. The standard InChI is InChI=1S/C19H24ClNO5S/c1-19(2,3)13-9-12(7-8-16(13)24-4)27(22,23)21-15-11-17(25-5)14(20)10-18(15)26-6/h7-11,21H,1-6H3. The number of hydrogen-bond donors (Lipinski definition) is 1. The van der Waals surface area contributed by atoms with Crippen molar-refractivity contribution in [2.45, 2.75) is 31.1 Å². The van der Waals surface area contributed by atoms with Gasteiger partial charge in [0.2, 0.25) is 0 Å². The third-order valence-electron chi connectivity index (χ3n) is 4.01. The molecule has 0 atom stereocenters. The van der Waals surface area contributed by atoms with Gasteiger partial charge < -0.3 is 14.2 Å². The van der Waals surface area contributed by atoms with E-state index in [1.165, 1.54) is 32.4 Å². The summed E-state index contributed by atoms with van der Waals surface area (Å²) in [5.41, 5.74) is 0.721. The Hall–Kier alpha value is -2.12. The Morgan fingerprint density at radius 2 is 1.48 bits per heavy atom. The summed E-state index contributed by atoms with van der Waals surface area (Å²) >= 11 is 6.08. The lowest BCUT2D eigenvalue weighted by Crippen LogP contribution is -2.17. The topological polar surface area (TPSA) is 73.9 Å². The molecular formula is C19H24ClNO5S. The van der Waals surface area contributed by atoms with E-state index in [9.17, 15) is 8.42 Å². The molecule has 0 amide bonds. The molecule has 0 unspecified atom stereocenters. The zero-order valence-electron chi connectivity index (χ0n) is 16.2. The zero-order valence-corrected chi connectivity index (χ0v) is 17.8. The van der Waals surface area contributed by atoms with Gasteiger partial charge in [0.25, 0.3) is 10.0 Å². The van der Waals surface area contributed by atoms with Gasteiger partial charge in [-0.3, -0.25) is 4.72 Å². The number of ether oxygens (including phenoxy) is 3. The minimum Gasteiger partial charge on any atom is -0.496 e. The summed E-state index contributed by atoms with van der Waals surface area (Å²) in [7, 11) is 0.563. The molecule has 0 aliphatic rings. The summed E-state index contributed by atoms with van der Waals surface area (Å²) in [6.45, 7) is 5.96. The van der Waals surface area contributed by atoms with E-state index in [2.05, 4.69) is 4.72 Å². The molecule has 0 saturated carbocycles. The number of benzene rings is 2. The van der Waals surface area contributed by atoms with Crippen LogP contribution >= 0.6 is 11.6 Å². The Labute approximate surface area is 165 Å². The average Bonchev–Trinajstić information content (AvgIpc) is 2.61. The first kappa shape index (κ1) is 21.2. The molecule has 148 valence electrons. The van der Waals surface area contributed by atoms with Crippen molar-refractivity contribution in [3.05, 3.63) is 40.9 Å². The molecule has 0 fully saturated rings. The highest BCUT2D eigenvalue weighted by Crippen LogP contribution is 2.38. The van der Waals surface area contributed by atoms with Gasteiger partial charge >= 0.3 is 0 Å². The Morgan fingerprint density at radius 3 is 2.00 bits per heavy atom. The monoisotopic (exact) mass is 413 g/mol. The van der Waals surface area contributed by atoms with Crippen molar-refractivity contribution in [2.24, 2.45) is 0 Å². The predicted molar refractivity (Wildman–Crippen MR) is 107 cm³/mol. The SMILES string of the molecule is COc1cc(NS(=O)(=O)c2ccc(OC)c(C(C)(C)C)c2)c(OC)cc1Cl. The van der Waals surface area contributed by atoms with Gasteiger partial charge in [0, 0.05) is 17.7 Å². The van der Waals surface area contributed by atoms with Gasteiger partial charge in [0.05, 0.1) is 36.9 Å². The summed E-state index contributed by atoms with van der Waals surface area (Å²) in [4.78, 5) is 0.115. The van der Waals surface area contributed by atoms with Gasteiger partial charge in [-0.15, -0.1) is 0 Å². The molecule has 0 radical (unpaired) electrons. The van der Waals surface area contributed by atoms with Crippen LogP contribution in [0.1, 0.15) is 26.3 Å². The number of methoxy groups -OCH3 is 3. The smallest absolute Gasteiger partial charge is 0.262 e. The van der Waals surface area contributed by atoms with Gasteiger partial charge in [-0.05, 0) is 23.6 Å².